The van der Waals surface area contributed by atoms with Gasteiger partial charge < -0.3 is 15.2 Å². The summed E-state index contributed by atoms with van der Waals surface area (Å²) in [4.78, 5) is 11.2. The number of alkyl carbamates (subject to hydrolysis) is 1. The van der Waals surface area contributed by atoms with Gasteiger partial charge >= 0.3 is 6.09 Å². The van der Waals surface area contributed by atoms with Crippen molar-refractivity contribution >= 4 is 17.7 Å². The number of ether oxygens (including phenoxy) is 1. The Balaban J connectivity index is 2.06. The van der Waals surface area contributed by atoms with E-state index in [2.05, 4.69) is 21.9 Å². The molecule has 21 heavy (non-hydrogen) atoms. The molecule has 0 heterocycles. The fraction of sp³-hybridized carbons (Fsp3) is 0.438. The summed E-state index contributed by atoms with van der Waals surface area (Å²) >= 11 is 5.91. The molecule has 0 bridgehead atoms. The molecule has 0 spiro atoms. The predicted octanol–water partition coefficient (Wildman–Crippen LogP) is 2.72. The number of methoxy groups -OCH3 is 1. The van der Waals surface area contributed by atoms with E-state index in [1.165, 1.54) is 7.11 Å². The van der Waals surface area contributed by atoms with Gasteiger partial charge in [0, 0.05) is 23.0 Å². The van der Waals surface area contributed by atoms with Crippen molar-refractivity contribution in [1.29, 1.82) is 0 Å². The molecule has 4 nitrogen and oxygen atoms in total. The van der Waals surface area contributed by atoms with Crippen molar-refractivity contribution in [2.24, 2.45) is 0 Å². The van der Waals surface area contributed by atoms with Crippen molar-refractivity contribution in [2.45, 2.75) is 37.3 Å². The lowest BCUT2D eigenvalue weighted by Crippen LogP contribution is -2.45. The number of halogens is 1. The van der Waals surface area contributed by atoms with Crippen LogP contribution in [-0.2, 0) is 4.74 Å². The van der Waals surface area contributed by atoms with Crippen LogP contribution in [0.2, 0.25) is 5.02 Å². The van der Waals surface area contributed by atoms with Crippen LogP contribution >= 0.6 is 11.6 Å². The fourth-order valence-corrected chi connectivity index (χ4v) is 2.66. The van der Waals surface area contributed by atoms with E-state index in [0.29, 0.717) is 17.9 Å². The summed E-state index contributed by atoms with van der Waals surface area (Å²) in [5, 5.41) is 13.9. The van der Waals surface area contributed by atoms with E-state index < -0.39 is 11.7 Å². The Morgan fingerprint density at radius 2 is 2.38 bits per heavy atom. The average molecular weight is 308 g/mol. The van der Waals surface area contributed by atoms with Gasteiger partial charge in [0.05, 0.1) is 7.11 Å². The van der Waals surface area contributed by atoms with Gasteiger partial charge in [-0.15, -0.1) is 0 Å². The quantitative estimate of drug-likeness (QED) is 0.784. The van der Waals surface area contributed by atoms with E-state index in [4.69, 9.17) is 11.6 Å². The number of benzene rings is 1. The zero-order valence-corrected chi connectivity index (χ0v) is 12.6. The molecule has 0 aromatic heterocycles. The number of nitrogens with one attached hydrogen (secondary N) is 1. The van der Waals surface area contributed by atoms with Gasteiger partial charge in [-0.25, -0.2) is 4.79 Å². The van der Waals surface area contributed by atoms with Crippen molar-refractivity contribution in [3.63, 3.8) is 0 Å². The summed E-state index contributed by atoms with van der Waals surface area (Å²) in [5.74, 6) is 5.87. The largest absolute Gasteiger partial charge is 0.453 e. The zero-order chi connectivity index (χ0) is 15.3. The van der Waals surface area contributed by atoms with Crippen molar-refractivity contribution in [2.75, 3.05) is 7.11 Å². The first kappa shape index (κ1) is 15.7. The van der Waals surface area contributed by atoms with Gasteiger partial charge in [-0.1, -0.05) is 29.5 Å². The van der Waals surface area contributed by atoms with Gasteiger partial charge in [0.15, 0.2) is 0 Å². The molecule has 1 saturated carbocycles. The van der Waals surface area contributed by atoms with Crippen LogP contribution in [-0.4, -0.2) is 30.0 Å². The third kappa shape index (κ3) is 4.66. The molecule has 1 aromatic carbocycles. The second-order valence-corrected chi connectivity index (χ2v) is 5.66. The topological polar surface area (TPSA) is 58.6 Å². The van der Waals surface area contributed by atoms with Crippen LogP contribution in [0.3, 0.4) is 0 Å². The van der Waals surface area contributed by atoms with Crippen LogP contribution in [0, 0.1) is 11.8 Å². The fourth-order valence-electron chi connectivity index (χ4n) is 2.47. The molecule has 1 aromatic rings. The average Bonchev–Trinajstić information content (AvgIpc) is 2.45. The van der Waals surface area contributed by atoms with Crippen LogP contribution in [0.15, 0.2) is 24.3 Å². The van der Waals surface area contributed by atoms with Gasteiger partial charge in [0.2, 0.25) is 0 Å². The number of carbonyl (C=O) groups excluding carboxylic acids is 1. The minimum Gasteiger partial charge on any atom is -0.453 e. The lowest BCUT2D eigenvalue weighted by atomic mass is 9.82. The molecule has 2 rings (SSSR count). The van der Waals surface area contributed by atoms with Crippen molar-refractivity contribution < 1.29 is 14.6 Å². The third-order valence-corrected chi connectivity index (χ3v) is 3.73. The Morgan fingerprint density at radius 3 is 3.10 bits per heavy atom. The highest BCUT2D eigenvalue weighted by Crippen LogP contribution is 2.28. The Kier molecular flexibility index (Phi) is 5.11. The summed E-state index contributed by atoms with van der Waals surface area (Å²) in [6.45, 7) is 0. The summed E-state index contributed by atoms with van der Waals surface area (Å²) in [6, 6.07) is 7.07. The Hall–Kier alpha value is -1.70. The predicted molar refractivity (Wildman–Crippen MR) is 81.1 cm³/mol. The van der Waals surface area contributed by atoms with Crippen LogP contribution in [0.4, 0.5) is 4.79 Å². The lowest BCUT2D eigenvalue weighted by molar-refractivity contribution is 0.0462. The molecule has 112 valence electrons. The number of rotatable bonds is 1. The minimum atomic E-state index is -1.09. The molecule has 0 aliphatic heterocycles. The first-order valence-electron chi connectivity index (χ1n) is 6.86. The number of aliphatic hydroxyl groups is 1. The SMILES string of the molecule is COC(=O)NC1CCCC(O)(C#Cc2cccc(Cl)c2)C1. The summed E-state index contributed by atoms with van der Waals surface area (Å²) in [5.41, 5.74) is -0.328. The molecule has 1 aliphatic rings. The highest BCUT2D eigenvalue weighted by Gasteiger charge is 2.33. The second-order valence-electron chi connectivity index (χ2n) is 5.22. The van der Waals surface area contributed by atoms with Crippen LogP contribution < -0.4 is 5.32 Å². The molecule has 2 atom stereocenters. The second kappa shape index (κ2) is 6.84. The van der Waals surface area contributed by atoms with E-state index in [9.17, 15) is 9.90 Å². The van der Waals surface area contributed by atoms with E-state index in [1.54, 1.807) is 12.1 Å². The van der Waals surface area contributed by atoms with Gasteiger partial charge in [0.1, 0.15) is 5.60 Å². The molecule has 0 saturated heterocycles. The number of amides is 1. The van der Waals surface area contributed by atoms with Gasteiger partial charge in [-0.05, 0) is 37.5 Å². The lowest BCUT2D eigenvalue weighted by Gasteiger charge is -2.33. The normalized spacial score (nSPS) is 24.6. The minimum absolute atomic E-state index is 0.120. The van der Waals surface area contributed by atoms with Gasteiger partial charge in [-0.2, -0.15) is 0 Å². The van der Waals surface area contributed by atoms with Crippen LogP contribution in [0.5, 0.6) is 0 Å². The van der Waals surface area contributed by atoms with Crippen LogP contribution in [0.1, 0.15) is 31.2 Å². The van der Waals surface area contributed by atoms with E-state index in [-0.39, 0.29) is 6.04 Å². The monoisotopic (exact) mass is 307 g/mol. The highest BCUT2D eigenvalue weighted by atomic mass is 35.5. The van der Waals surface area contributed by atoms with Gasteiger partial charge in [-0.3, -0.25) is 0 Å². The number of hydrogen-bond acceptors (Lipinski definition) is 3. The molecule has 5 heteroatoms. The first-order chi connectivity index (χ1) is 10.0. The number of carbonyl (C=O) groups is 1. The smallest absolute Gasteiger partial charge is 0.407 e. The molecule has 2 unspecified atom stereocenters. The Labute approximate surface area is 129 Å². The summed E-state index contributed by atoms with van der Waals surface area (Å²) < 4.78 is 4.58. The molecule has 2 N–H and O–H groups in total. The summed E-state index contributed by atoms with van der Waals surface area (Å²) in [7, 11) is 1.32. The molecule has 1 amide bonds. The zero-order valence-electron chi connectivity index (χ0n) is 11.9. The van der Waals surface area contributed by atoms with Crippen molar-refractivity contribution in [1.82, 2.24) is 5.32 Å². The Morgan fingerprint density at radius 1 is 1.57 bits per heavy atom. The molecular weight excluding hydrogens is 290 g/mol. The maximum absolute atomic E-state index is 11.2. The molecule has 0 radical (unpaired) electrons. The molecular formula is C16H18ClNO3. The standard InChI is InChI=1S/C16H18ClNO3/c1-21-15(19)18-14-6-3-8-16(20,11-14)9-7-12-4-2-5-13(17)10-12/h2,4-5,10,14,20H,3,6,8,11H2,1H3,(H,18,19). The first-order valence-corrected chi connectivity index (χ1v) is 7.24. The molecule has 1 fully saturated rings. The number of hydrogen-bond donors (Lipinski definition) is 2. The van der Waals surface area contributed by atoms with Gasteiger partial charge in [0.25, 0.3) is 0 Å². The Bertz CT molecular complexity index is 578. The van der Waals surface area contributed by atoms with E-state index >= 15 is 0 Å². The summed E-state index contributed by atoms with van der Waals surface area (Å²) in [6.07, 6.45) is 2.13. The highest BCUT2D eigenvalue weighted by molar-refractivity contribution is 6.30. The molecule has 1 aliphatic carbocycles. The third-order valence-electron chi connectivity index (χ3n) is 3.50. The maximum atomic E-state index is 11.2. The van der Waals surface area contributed by atoms with Crippen molar-refractivity contribution in [3.8, 4) is 11.8 Å². The van der Waals surface area contributed by atoms with E-state index in [1.807, 2.05) is 12.1 Å². The van der Waals surface area contributed by atoms with E-state index in [0.717, 1.165) is 18.4 Å². The van der Waals surface area contributed by atoms with Crippen molar-refractivity contribution in [3.05, 3.63) is 34.9 Å². The maximum Gasteiger partial charge on any atom is 0.407 e. The van der Waals surface area contributed by atoms with Crippen LogP contribution in [0.25, 0.3) is 0 Å².